The molecule has 0 radical (unpaired) electrons. The lowest BCUT2D eigenvalue weighted by atomic mass is 9.95. The molecular formula is C24H44O6. The molecule has 1 aliphatic carbocycles. The van der Waals surface area contributed by atoms with Crippen LogP contribution < -0.4 is 0 Å². The SMILES string of the molecule is CCCCCCC(C)OC(=O)OC1CCC(OC(=O)OC(C)CCCCCC)CC1. The molecular weight excluding hydrogens is 384 g/mol. The maximum Gasteiger partial charge on any atom is 0.508 e. The van der Waals surface area contributed by atoms with E-state index in [0.29, 0.717) is 25.7 Å². The van der Waals surface area contributed by atoms with Gasteiger partial charge in [-0.3, -0.25) is 0 Å². The van der Waals surface area contributed by atoms with Crippen molar-refractivity contribution >= 4 is 12.3 Å². The third-order valence-corrected chi connectivity index (χ3v) is 5.67. The number of rotatable bonds is 14. The molecule has 2 atom stereocenters. The van der Waals surface area contributed by atoms with Crippen molar-refractivity contribution in [2.75, 3.05) is 0 Å². The number of carbonyl (C=O) groups excluding carboxylic acids is 2. The van der Waals surface area contributed by atoms with E-state index < -0.39 is 12.3 Å². The van der Waals surface area contributed by atoms with E-state index in [1.54, 1.807) is 0 Å². The first kappa shape index (κ1) is 26.6. The highest BCUT2D eigenvalue weighted by atomic mass is 16.7. The molecule has 0 amide bonds. The first-order valence-corrected chi connectivity index (χ1v) is 12.2. The number of carbonyl (C=O) groups is 2. The summed E-state index contributed by atoms with van der Waals surface area (Å²) in [6, 6.07) is 0. The van der Waals surface area contributed by atoms with Crippen LogP contribution in [-0.4, -0.2) is 36.7 Å². The van der Waals surface area contributed by atoms with Gasteiger partial charge in [0, 0.05) is 0 Å². The first-order valence-electron chi connectivity index (χ1n) is 12.2. The summed E-state index contributed by atoms with van der Waals surface area (Å²) >= 11 is 0. The molecule has 0 N–H and O–H groups in total. The van der Waals surface area contributed by atoms with Crippen molar-refractivity contribution in [2.45, 2.75) is 142 Å². The van der Waals surface area contributed by atoms with Gasteiger partial charge in [-0.05, 0) is 65.2 Å². The van der Waals surface area contributed by atoms with E-state index in [1.165, 1.54) is 38.5 Å². The minimum atomic E-state index is -0.585. The molecule has 6 nitrogen and oxygen atoms in total. The summed E-state index contributed by atoms with van der Waals surface area (Å²) in [5.41, 5.74) is 0. The van der Waals surface area contributed by atoms with Crippen molar-refractivity contribution in [3.8, 4) is 0 Å². The molecule has 0 saturated heterocycles. The highest BCUT2D eigenvalue weighted by Crippen LogP contribution is 2.25. The Kier molecular flexibility index (Phi) is 14.4. The van der Waals surface area contributed by atoms with Crippen molar-refractivity contribution in [1.29, 1.82) is 0 Å². The van der Waals surface area contributed by atoms with Gasteiger partial charge in [0.1, 0.15) is 24.4 Å². The summed E-state index contributed by atoms with van der Waals surface area (Å²) in [7, 11) is 0. The topological polar surface area (TPSA) is 71.1 Å². The van der Waals surface area contributed by atoms with Crippen molar-refractivity contribution in [2.24, 2.45) is 0 Å². The number of unbranched alkanes of at least 4 members (excludes halogenated alkanes) is 6. The van der Waals surface area contributed by atoms with E-state index in [4.69, 9.17) is 18.9 Å². The highest BCUT2D eigenvalue weighted by molar-refractivity contribution is 5.61. The van der Waals surface area contributed by atoms with Crippen LogP contribution in [0.1, 0.15) is 118 Å². The van der Waals surface area contributed by atoms with E-state index in [1.807, 2.05) is 13.8 Å². The Bertz CT molecular complexity index is 417. The Morgan fingerprint density at radius 3 is 1.37 bits per heavy atom. The summed E-state index contributed by atoms with van der Waals surface area (Å²) in [4.78, 5) is 23.9. The Labute approximate surface area is 183 Å². The zero-order valence-corrected chi connectivity index (χ0v) is 19.7. The van der Waals surface area contributed by atoms with Gasteiger partial charge in [0.15, 0.2) is 0 Å². The molecule has 0 spiro atoms. The Balaban J connectivity index is 2.14. The third kappa shape index (κ3) is 13.0. The summed E-state index contributed by atoms with van der Waals surface area (Å²) in [5.74, 6) is 0. The maximum atomic E-state index is 12.0. The molecule has 0 aromatic carbocycles. The van der Waals surface area contributed by atoms with E-state index in [9.17, 15) is 9.59 Å². The van der Waals surface area contributed by atoms with Crippen molar-refractivity contribution < 1.29 is 28.5 Å². The molecule has 1 rings (SSSR count). The molecule has 0 aromatic heterocycles. The normalized spacial score (nSPS) is 20.8. The summed E-state index contributed by atoms with van der Waals surface area (Å²) in [5, 5.41) is 0. The molecule has 0 heterocycles. The van der Waals surface area contributed by atoms with Gasteiger partial charge in [-0.2, -0.15) is 0 Å². The summed E-state index contributed by atoms with van der Waals surface area (Å²) in [6.45, 7) is 8.18. The average Bonchev–Trinajstić information content (AvgIpc) is 2.70. The molecule has 6 heteroatoms. The lowest BCUT2D eigenvalue weighted by Crippen LogP contribution is -2.31. The van der Waals surface area contributed by atoms with Gasteiger partial charge in [0.05, 0.1) is 0 Å². The molecule has 1 fully saturated rings. The van der Waals surface area contributed by atoms with Crippen molar-refractivity contribution in [3.05, 3.63) is 0 Å². The highest BCUT2D eigenvalue weighted by Gasteiger charge is 2.28. The van der Waals surface area contributed by atoms with Crippen LogP contribution >= 0.6 is 0 Å². The van der Waals surface area contributed by atoms with Crippen LogP contribution in [0.3, 0.4) is 0 Å². The standard InChI is InChI=1S/C24H44O6/c1-5-7-9-11-13-19(3)27-23(25)29-21-15-17-22(18-16-21)30-24(26)28-20(4)14-12-10-8-6-2/h19-22H,5-18H2,1-4H3. The van der Waals surface area contributed by atoms with Crippen LogP contribution in [-0.2, 0) is 18.9 Å². The predicted octanol–water partition coefficient (Wildman–Crippen LogP) is 7.32. The molecule has 0 aromatic rings. The van der Waals surface area contributed by atoms with Crippen LogP contribution in [0.15, 0.2) is 0 Å². The van der Waals surface area contributed by atoms with Gasteiger partial charge in [-0.15, -0.1) is 0 Å². The first-order chi connectivity index (χ1) is 14.4. The molecule has 0 aliphatic heterocycles. The average molecular weight is 429 g/mol. The zero-order chi connectivity index (χ0) is 22.2. The molecule has 30 heavy (non-hydrogen) atoms. The van der Waals surface area contributed by atoms with Crippen LogP contribution in [0, 0.1) is 0 Å². The second-order valence-corrected chi connectivity index (χ2v) is 8.69. The van der Waals surface area contributed by atoms with Crippen LogP contribution in [0.25, 0.3) is 0 Å². The Morgan fingerprint density at radius 2 is 1.03 bits per heavy atom. The Morgan fingerprint density at radius 1 is 0.667 bits per heavy atom. The predicted molar refractivity (Wildman–Crippen MR) is 118 cm³/mol. The van der Waals surface area contributed by atoms with E-state index in [0.717, 1.165) is 25.7 Å². The van der Waals surface area contributed by atoms with Gasteiger partial charge >= 0.3 is 12.3 Å². The number of hydrogen-bond acceptors (Lipinski definition) is 6. The second-order valence-electron chi connectivity index (χ2n) is 8.69. The quantitative estimate of drug-likeness (QED) is 0.213. The van der Waals surface area contributed by atoms with Crippen molar-refractivity contribution in [1.82, 2.24) is 0 Å². The zero-order valence-electron chi connectivity index (χ0n) is 19.7. The van der Waals surface area contributed by atoms with Gasteiger partial charge in [-0.1, -0.05) is 52.4 Å². The van der Waals surface area contributed by atoms with Gasteiger partial charge in [0.25, 0.3) is 0 Å². The minimum absolute atomic E-state index is 0.118. The molecule has 0 bridgehead atoms. The minimum Gasteiger partial charge on any atom is -0.431 e. The second kappa shape index (κ2) is 16.3. The molecule has 1 aliphatic rings. The van der Waals surface area contributed by atoms with Crippen LogP contribution in [0.2, 0.25) is 0 Å². The van der Waals surface area contributed by atoms with Crippen molar-refractivity contribution in [3.63, 3.8) is 0 Å². The lowest BCUT2D eigenvalue weighted by molar-refractivity contribution is -0.0412. The van der Waals surface area contributed by atoms with E-state index in [2.05, 4.69) is 13.8 Å². The maximum absolute atomic E-state index is 12.0. The fourth-order valence-electron chi connectivity index (χ4n) is 3.76. The van der Waals surface area contributed by atoms with E-state index >= 15 is 0 Å². The van der Waals surface area contributed by atoms with Gasteiger partial charge in [0.2, 0.25) is 0 Å². The smallest absolute Gasteiger partial charge is 0.431 e. The lowest BCUT2D eigenvalue weighted by Gasteiger charge is -2.28. The largest absolute Gasteiger partial charge is 0.508 e. The summed E-state index contributed by atoms with van der Waals surface area (Å²) < 4.78 is 21.6. The fourth-order valence-corrected chi connectivity index (χ4v) is 3.76. The van der Waals surface area contributed by atoms with Gasteiger partial charge in [-0.25, -0.2) is 9.59 Å². The van der Waals surface area contributed by atoms with Crippen LogP contribution in [0.4, 0.5) is 9.59 Å². The summed E-state index contributed by atoms with van der Waals surface area (Å²) in [6.07, 6.45) is 12.0. The Hall–Kier alpha value is -1.46. The molecule has 176 valence electrons. The van der Waals surface area contributed by atoms with Gasteiger partial charge < -0.3 is 18.9 Å². The molecule has 2 unspecified atom stereocenters. The number of ether oxygens (including phenoxy) is 4. The van der Waals surface area contributed by atoms with E-state index in [-0.39, 0.29) is 24.4 Å². The van der Waals surface area contributed by atoms with Crippen LogP contribution in [0.5, 0.6) is 0 Å². The fraction of sp³-hybridized carbons (Fsp3) is 0.917. The third-order valence-electron chi connectivity index (χ3n) is 5.67. The number of hydrogen-bond donors (Lipinski definition) is 0. The monoisotopic (exact) mass is 428 g/mol. The molecule has 1 saturated carbocycles.